The zero-order valence-corrected chi connectivity index (χ0v) is 12.1. The summed E-state index contributed by atoms with van der Waals surface area (Å²) in [6.07, 6.45) is 0.855. The van der Waals surface area contributed by atoms with Crippen molar-refractivity contribution < 1.29 is 9.18 Å². The summed E-state index contributed by atoms with van der Waals surface area (Å²) in [5.41, 5.74) is 0.265. The van der Waals surface area contributed by atoms with Gasteiger partial charge < -0.3 is 4.90 Å². The van der Waals surface area contributed by atoms with E-state index in [0.717, 1.165) is 6.42 Å². The summed E-state index contributed by atoms with van der Waals surface area (Å²) < 4.78 is 13.4. The van der Waals surface area contributed by atoms with Crippen LogP contribution in [0.1, 0.15) is 37.6 Å². The van der Waals surface area contributed by atoms with Gasteiger partial charge in [0, 0.05) is 17.1 Å². The largest absolute Gasteiger partial charge is 0.337 e. The minimum Gasteiger partial charge on any atom is -0.337 e. The molecule has 2 nitrogen and oxygen atoms in total. The Bertz CT molecular complexity index is 431. The van der Waals surface area contributed by atoms with Crippen LogP contribution in [0.4, 0.5) is 4.39 Å². The molecule has 1 aromatic carbocycles. The van der Waals surface area contributed by atoms with E-state index in [4.69, 9.17) is 0 Å². The van der Waals surface area contributed by atoms with Gasteiger partial charge in [0.2, 0.25) is 0 Å². The van der Waals surface area contributed by atoms with Crippen molar-refractivity contribution in [2.75, 3.05) is 7.05 Å². The molecule has 0 bridgehead atoms. The standard InChI is InChI=1S/C13H17BrFNO/c1-5-13(2,3)16(4)12(17)10-7-6-9(15)8-11(10)14/h6-8H,5H2,1-4H3. The highest BCUT2D eigenvalue weighted by atomic mass is 79.9. The second kappa shape index (κ2) is 5.17. The molecule has 0 heterocycles. The molecule has 0 fully saturated rings. The van der Waals surface area contributed by atoms with Gasteiger partial charge in [-0.05, 0) is 54.4 Å². The van der Waals surface area contributed by atoms with Gasteiger partial charge in [-0.1, -0.05) is 6.92 Å². The van der Waals surface area contributed by atoms with E-state index >= 15 is 0 Å². The number of benzene rings is 1. The SMILES string of the molecule is CCC(C)(C)N(C)C(=O)c1ccc(F)cc1Br. The maximum atomic E-state index is 13.0. The molecular weight excluding hydrogens is 285 g/mol. The number of carbonyl (C=O) groups is 1. The molecule has 1 rings (SSSR count). The maximum absolute atomic E-state index is 13.0. The second-order valence-electron chi connectivity index (χ2n) is 4.65. The Balaban J connectivity index is 3.05. The number of nitrogens with zero attached hydrogens (tertiary/aromatic N) is 1. The number of hydrogen-bond donors (Lipinski definition) is 0. The number of rotatable bonds is 3. The molecule has 0 N–H and O–H groups in total. The van der Waals surface area contributed by atoms with E-state index in [-0.39, 0.29) is 17.3 Å². The fourth-order valence-corrected chi connectivity index (χ4v) is 1.88. The Morgan fingerprint density at radius 3 is 2.53 bits per heavy atom. The highest BCUT2D eigenvalue weighted by Gasteiger charge is 2.27. The van der Waals surface area contributed by atoms with E-state index in [1.165, 1.54) is 18.2 Å². The molecule has 0 saturated heterocycles. The lowest BCUT2D eigenvalue weighted by molar-refractivity contribution is 0.0619. The van der Waals surface area contributed by atoms with Crippen molar-refractivity contribution in [3.05, 3.63) is 34.1 Å². The summed E-state index contributed by atoms with van der Waals surface area (Å²) in [6, 6.07) is 4.11. The van der Waals surface area contributed by atoms with Crippen LogP contribution in [0.2, 0.25) is 0 Å². The van der Waals surface area contributed by atoms with Crippen molar-refractivity contribution in [3.63, 3.8) is 0 Å². The van der Waals surface area contributed by atoms with E-state index < -0.39 is 0 Å². The smallest absolute Gasteiger partial charge is 0.255 e. The molecule has 0 saturated carbocycles. The average Bonchev–Trinajstić information content (AvgIpc) is 2.27. The highest BCUT2D eigenvalue weighted by Crippen LogP contribution is 2.24. The van der Waals surface area contributed by atoms with Gasteiger partial charge in [0.05, 0.1) is 5.56 Å². The first kappa shape index (κ1) is 14.2. The van der Waals surface area contributed by atoms with Gasteiger partial charge in [-0.2, -0.15) is 0 Å². The molecule has 94 valence electrons. The predicted octanol–water partition coefficient (Wildman–Crippen LogP) is 3.85. The van der Waals surface area contributed by atoms with Crippen LogP contribution in [0.5, 0.6) is 0 Å². The Morgan fingerprint density at radius 1 is 1.47 bits per heavy atom. The van der Waals surface area contributed by atoms with Gasteiger partial charge in [-0.25, -0.2) is 4.39 Å². The number of carbonyl (C=O) groups excluding carboxylic acids is 1. The van der Waals surface area contributed by atoms with Crippen LogP contribution < -0.4 is 0 Å². The van der Waals surface area contributed by atoms with Gasteiger partial charge in [0.25, 0.3) is 5.91 Å². The lowest BCUT2D eigenvalue weighted by Crippen LogP contribution is -2.44. The van der Waals surface area contributed by atoms with Crippen molar-refractivity contribution in [1.82, 2.24) is 4.90 Å². The minimum absolute atomic E-state index is 0.108. The van der Waals surface area contributed by atoms with Crippen LogP contribution in [0.15, 0.2) is 22.7 Å². The second-order valence-corrected chi connectivity index (χ2v) is 5.51. The van der Waals surface area contributed by atoms with E-state index in [9.17, 15) is 9.18 Å². The summed E-state index contributed by atoms with van der Waals surface area (Å²) in [5, 5.41) is 0. The fourth-order valence-electron chi connectivity index (χ4n) is 1.36. The molecule has 0 aliphatic carbocycles. The van der Waals surface area contributed by atoms with Gasteiger partial charge in [0.1, 0.15) is 5.82 Å². The van der Waals surface area contributed by atoms with Gasteiger partial charge in [-0.15, -0.1) is 0 Å². The third-order valence-electron chi connectivity index (χ3n) is 3.24. The number of amides is 1. The van der Waals surface area contributed by atoms with Crippen LogP contribution in [0.3, 0.4) is 0 Å². The zero-order valence-electron chi connectivity index (χ0n) is 10.6. The van der Waals surface area contributed by atoms with Crippen LogP contribution in [-0.4, -0.2) is 23.4 Å². The van der Waals surface area contributed by atoms with E-state index in [0.29, 0.717) is 10.0 Å². The molecule has 0 radical (unpaired) electrons. The van der Waals surface area contributed by atoms with Crippen molar-refractivity contribution in [2.45, 2.75) is 32.7 Å². The zero-order chi connectivity index (χ0) is 13.2. The summed E-state index contributed by atoms with van der Waals surface area (Å²) in [6.45, 7) is 6.04. The number of hydrogen-bond acceptors (Lipinski definition) is 1. The Hall–Kier alpha value is -0.900. The Morgan fingerprint density at radius 2 is 2.06 bits per heavy atom. The predicted molar refractivity (Wildman–Crippen MR) is 70.6 cm³/mol. The molecular formula is C13H17BrFNO. The Kier molecular flexibility index (Phi) is 4.31. The summed E-state index contributed by atoms with van der Waals surface area (Å²) in [5.74, 6) is -0.463. The van der Waals surface area contributed by atoms with Gasteiger partial charge >= 0.3 is 0 Å². The van der Waals surface area contributed by atoms with Crippen molar-refractivity contribution in [1.29, 1.82) is 0 Å². The molecule has 0 aromatic heterocycles. The lowest BCUT2D eigenvalue weighted by Gasteiger charge is -2.35. The molecule has 1 amide bonds. The molecule has 4 heteroatoms. The topological polar surface area (TPSA) is 20.3 Å². The van der Waals surface area contributed by atoms with Crippen LogP contribution in [0.25, 0.3) is 0 Å². The van der Waals surface area contributed by atoms with Crippen molar-refractivity contribution in [3.8, 4) is 0 Å². The quantitative estimate of drug-likeness (QED) is 0.830. The fraction of sp³-hybridized carbons (Fsp3) is 0.462. The van der Waals surface area contributed by atoms with E-state index in [2.05, 4.69) is 15.9 Å². The van der Waals surface area contributed by atoms with Gasteiger partial charge in [-0.3, -0.25) is 4.79 Å². The first-order chi connectivity index (χ1) is 7.79. The third-order valence-corrected chi connectivity index (χ3v) is 3.90. The minimum atomic E-state index is -0.356. The van der Waals surface area contributed by atoms with E-state index in [1.54, 1.807) is 11.9 Å². The molecule has 0 aliphatic heterocycles. The molecule has 0 spiro atoms. The van der Waals surface area contributed by atoms with Crippen molar-refractivity contribution >= 4 is 21.8 Å². The lowest BCUT2D eigenvalue weighted by atomic mass is 9.99. The number of halogens is 2. The van der Waals surface area contributed by atoms with Crippen LogP contribution in [-0.2, 0) is 0 Å². The molecule has 17 heavy (non-hydrogen) atoms. The monoisotopic (exact) mass is 301 g/mol. The van der Waals surface area contributed by atoms with Crippen LogP contribution in [0, 0.1) is 5.82 Å². The molecule has 0 unspecified atom stereocenters. The van der Waals surface area contributed by atoms with Gasteiger partial charge in [0.15, 0.2) is 0 Å². The molecule has 0 aliphatic rings. The van der Waals surface area contributed by atoms with E-state index in [1.807, 2.05) is 20.8 Å². The maximum Gasteiger partial charge on any atom is 0.255 e. The summed E-state index contributed by atoms with van der Waals surface area (Å²) >= 11 is 3.22. The first-order valence-electron chi connectivity index (χ1n) is 5.53. The highest BCUT2D eigenvalue weighted by molar-refractivity contribution is 9.10. The van der Waals surface area contributed by atoms with Crippen LogP contribution >= 0.6 is 15.9 Å². The average molecular weight is 302 g/mol. The van der Waals surface area contributed by atoms with Crippen molar-refractivity contribution in [2.24, 2.45) is 0 Å². The molecule has 1 aromatic rings. The Labute approximate surface area is 110 Å². The first-order valence-corrected chi connectivity index (χ1v) is 6.32. The normalized spacial score (nSPS) is 11.4. The third kappa shape index (κ3) is 3.06. The summed E-state index contributed by atoms with van der Waals surface area (Å²) in [4.78, 5) is 13.9. The molecule has 0 atom stereocenters. The summed E-state index contributed by atoms with van der Waals surface area (Å²) in [7, 11) is 1.77.